The second-order valence-electron chi connectivity index (χ2n) is 6.57. The molecule has 0 saturated heterocycles. The summed E-state index contributed by atoms with van der Waals surface area (Å²) in [5.41, 5.74) is 0. The highest BCUT2D eigenvalue weighted by atomic mass is 16.5. The van der Waals surface area contributed by atoms with Gasteiger partial charge in [0.1, 0.15) is 0 Å². The molecule has 2 heteroatoms. The van der Waals surface area contributed by atoms with Crippen LogP contribution in [0.15, 0.2) is 0 Å². The summed E-state index contributed by atoms with van der Waals surface area (Å²) in [4.78, 5) is 0. The summed E-state index contributed by atoms with van der Waals surface area (Å²) in [6.45, 7) is 8.08. The fourth-order valence-corrected chi connectivity index (χ4v) is 3.64. The highest BCUT2D eigenvalue weighted by Crippen LogP contribution is 2.33. The van der Waals surface area contributed by atoms with Gasteiger partial charge in [0.2, 0.25) is 0 Å². The van der Waals surface area contributed by atoms with Crippen LogP contribution in [-0.4, -0.2) is 24.8 Å². The maximum absolute atomic E-state index is 6.39. The first-order valence-corrected chi connectivity index (χ1v) is 8.07. The molecule has 0 aliphatic heterocycles. The van der Waals surface area contributed by atoms with Gasteiger partial charge >= 0.3 is 0 Å². The minimum Gasteiger partial charge on any atom is -0.375 e. The Balaban J connectivity index is 1.75. The lowest BCUT2D eigenvalue weighted by Gasteiger charge is -2.37. The molecule has 2 fully saturated rings. The first-order chi connectivity index (χ1) is 8.69. The summed E-state index contributed by atoms with van der Waals surface area (Å²) in [5, 5.41) is 3.59. The SMILES string of the molecule is CCNC1CCCC(OC2CCC(C)C(C)C2)C1. The van der Waals surface area contributed by atoms with E-state index in [4.69, 9.17) is 4.74 Å². The smallest absolute Gasteiger partial charge is 0.0593 e. The van der Waals surface area contributed by atoms with Gasteiger partial charge in [-0.25, -0.2) is 0 Å². The zero-order valence-corrected chi connectivity index (χ0v) is 12.5. The molecule has 1 N–H and O–H groups in total. The number of ether oxygens (including phenoxy) is 1. The fourth-order valence-electron chi connectivity index (χ4n) is 3.64. The fraction of sp³-hybridized carbons (Fsp3) is 1.00. The molecule has 5 unspecified atom stereocenters. The van der Waals surface area contributed by atoms with E-state index < -0.39 is 0 Å². The predicted octanol–water partition coefficient (Wildman–Crippen LogP) is 3.75. The molecular formula is C16H31NO. The molecule has 0 radical (unpaired) electrons. The second kappa shape index (κ2) is 6.91. The quantitative estimate of drug-likeness (QED) is 0.824. The lowest BCUT2D eigenvalue weighted by molar-refractivity contribution is -0.0643. The zero-order valence-electron chi connectivity index (χ0n) is 12.5. The largest absolute Gasteiger partial charge is 0.375 e. The molecular weight excluding hydrogens is 222 g/mol. The minimum absolute atomic E-state index is 0.522. The van der Waals surface area contributed by atoms with E-state index in [1.165, 1.54) is 44.9 Å². The van der Waals surface area contributed by atoms with E-state index in [1.54, 1.807) is 0 Å². The molecule has 0 aromatic carbocycles. The van der Waals surface area contributed by atoms with Gasteiger partial charge in [0.25, 0.3) is 0 Å². The number of hydrogen-bond acceptors (Lipinski definition) is 2. The first-order valence-electron chi connectivity index (χ1n) is 8.07. The molecule has 2 saturated carbocycles. The third-order valence-corrected chi connectivity index (χ3v) is 5.05. The van der Waals surface area contributed by atoms with Crippen LogP contribution < -0.4 is 5.32 Å². The van der Waals surface area contributed by atoms with Gasteiger partial charge in [-0.15, -0.1) is 0 Å². The summed E-state index contributed by atoms with van der Waals surface area (Å²) in [6, 6.07) is 0.702. The lowest BCUT2D eigenvalue weighted by atomic mass is 9.80. The van der Waals surface area contributed by atoms with Crippen LogP contribution in [0.5, 0.6) is 0 Å². The summed E-state index contributed by atoms with van der Waals surface area (Å²) in [6.07, 6.45) is 10.2. The monoisotopic (exact) mass is 253 g/mol. The van der Waals surface area contributed by atoms with Crippen molar-refractivity contribution in [3.63, 3.8) is 0 Å². The van der Waals surface area contributed by atoms with Crippen molar-refractivity contribution >= 4 is 0 Å². The Morgan fingerprint density at radius 2 is 1.72 bits per heavy atom. The van der Waals surface area contributed by atoms with Gasteiger partial charge in [-0.2, -0.15) is 0 Å². The van der Waals surface area contributed by atoms with E-state index in [-0.39, 0.29) is 0 Å². The predicted molar refractivity (Wildman–Crippen MR) is 76.8 cm³/mol. The van der Waals surface area contributed by atoms with Crippen molar-refractivity contribution < 1.29 is 4.74 Å². The number of hydrogen-bond donors (Lipinski definition) is 1. The van der Waals surface area contributed by atoms with Gasteiger partial charge in [0, 0.05) is 6.04 Å². The molecule has 5 atom stereocenters. The van der Waals surface area contributed by atoms with Crippen LogP contribution >= 0.6 is 0 Å². The minimum atomic E-state index is 0.522. The molecule has 0 heterocycles. The Morgan fingerprint density at radius 1 is 0.944 bits per heavy atom. The molecule has 2 aliphatic carbocycles. The number of rotatable bonds is 4. The highest BCUT2D eigenvalue weighted by molar-refractivity contribution is 4.81. The summed E-state index contributed by atoms with van der Waals surface area (Å²) < 4.78 is 6.39. The van der Waals surface area contributed by atoms with E-state index in [9.17, 15) is 0 Å². The molecule has 2 rings (SSSR count). The molecule has 0 spiro atoms. The Labute approximate surface area is 113 Å². The maximum atomic E-state index is 6.39. The molecule has 0 bridgehead atoms. The van der Waals surface area contributed by atoms with E-state index in [0.29, 0.717) is 18.2 Å². The maximum Gasteiger partial charge on any atom is 0.0593 e. The average Bonchev–Trinajstić information content (AvgIpc) is 2.35. The van der Waals surface area contributed by atoms with Gasteiger partial charge in [-0.1, -0.05) is 20.8 Å². The second-order valence-corrected chi connectivity index (χ2v) is 6.57. The Bertz CT molecular complexity index is 241. The summed E-state index contributed by atoms with van der Waals surface area (Å²) in [7, 11) is 0. The van der Waals surface area contributed by atoms with Crippen molar-refractivity contribution in [3.05, 3.63) is 0 Å². The Kier molecular flexibility index (Phi) is 5.50. The molecule has 0 aromatic heterocycles. The van der Waals surface area contributed by atoms with Gasteiger partial charge in [0.15, 0.2) is 0 Å². The van der Waals surface area contributed by atoms with E-state index in [0.717, 1.165) is 18.4 Å². The standard InChI is InChI=1S/C16H31NO/c1-4-17-14-6-5-7-15(11-14)18-16-9-8-12(2)13(3)10-16/h12-17H,4-11H2,1-3H3. The molecule has 18 heavy (non-hydrogen) atoms. The van der Waals surface area contributed by atoms with E-state index >= 15 is 0 Å². The van der Waals surface area contributed by atoms with Crippen LogP contribution in [0, 0.1) is 11.8 Å². The molecule has 0 amide bonds. The van der Waals surface area contributed by atoms with Crippen molar-refractivity contribution in [3.8, 4) is 0 Å². The van der Waals surface area contributed by atoms with Gasteiger partial charge in [0.05, 0.1) is 12.2 Å². The first kappa shape index (κ1) is 14.3. The molecule has 106 valence electrons. The third-order valence-electron chi connectivity index (χ3n) is 5.05. The van der Waals surface area contributed by atoms with E-state index in [1.807, 2.05) is 0 Å². The highest BCUT2D eigenvalue weighted by Gasteiger charge is 2.29. The van der Waals surface area contributed by atoms with Crippen molar-refractivity contribution in [2.45, 2.75) is 84.0 Å². The Hall–Kier alpha value is -0.0800. The Morgan fingerprint density at radius 3 is 2.44 bits per heavy atom. The van der Waals surface area contributed by atoms with E-state index in [2.05, 4.69) is 26.1 Å². The van der Waals surface area contributed by atoms with Crippen molar-refractivity contribution in [2.75, 3.05) is 6.54 Å². The lowest BCUT2D eigenvalue weighted by Crippen LogP contribution is -2.39. The third kappa shape index (κ3) is 3.96. The van der Waals surface area contributed by atoms with Crippen molar-refractivity contribution in [1.29, 1.82) is 0 Å². The van der Waals surface area contributed by atoms with Gasteiger partial charge < -0.3 is 10.1 Å². The van der Waals surface area contributed by atoms with Gasteiger partial charge in [-0.05, 0) is 63.3 Å². The van der Waals surface area contributed by atoms with Crippen LogP contribution in [0.2, 0.25) is 0 Å². The van der Waals surface area contributed by atoms with Crippen LogP contribution in [0.25, 0.3) is 0 Å². The van der Waals surface area contributed by atoms with Crippen LogP contribution in [-0.2, 0) is 4.74 Å². The molecule has 2 aliphatic rings. The van der Waals surface area contributed by atoms with Crippen molar-refractivity contribution in [1.82, 2.24) is 5.32 Å². The zero-order chi connectivity index (χ0) is 13.0. The average molecular weight is 253 g/mol. The van der Waals surface area contributed by atoms with Crippen LogP contribution in [0.1, 0.15) is 65.7 Å². The molecule has 0 aromatic rings. The molecule has 2 nitrogen and oxygen atoms in total. The summed E-state index contributed by atoms with van der Waals surface area (Å²) >= 11 is 0. The normalized spacial score (nSPS) is 41.8. The number of nitrogens with one attached hydrogen (secondary N) is 1. The van der Waals surface area contributed by atoms with Crippen molar-refractivity contribution in [2.24, 2.45) is 11.8 Å². The van der Waals surface area contributed by atoms with Crippen LogP contribution in [0.4, 0.5) is 0 Å². The van der Waals surface area contributed by atoms with Gasteiger partial charge in [-0.3, -0.25) is 0 Å². The summed E-state index contributed by atoms with van der Waals surface area (Å²) in [5.74, 6) is 1.74. The van der Waals surface area contributed by atoms with Crippen LogP contribution in [0.3, 0.4) is 0 Å². The topological polar surface area (TPSA) is 21.3 Å².